The molecule has 1 atom stereocenters. The molecular weight excluding hydrogens is 249 g/mol. The fraction of sp³-hybridized carbons (Fsp3) is 0.462. The summed E-state index contributed by atoms with van der Waals surface area (Å²) in [7, 11) is 1.34. The van der Waals surface area contributed by atoms with Crippen LogP contribution in [0, 0.1) is 5.82 Å². The number of alkyl carbamates (subject to hydrolysis) is 1. The van der Waals surface area contributed by atoms with Crippen LogP contribution >= 0.6 is 0 Å². The number of hydrogen-bond donors (Lipinski definition) is 2. The number of benzene rings is 1. The van der Waals surface area contributed by atoms with Gasteiger partial charge in [0.25, 0.3) is 0 Å². The van der Waals surface area contributed by atoms with Crippen LogP contribution in [0.5, 0.6) is 0 Å². The number of carbonyl (C=O) groups is 1. The number of nitrogen functional groups attached to an aromatic ring is 1. The maximum Gasteiger partial charge on any atom is 0.407 e. The Morgan fingerprint density at radius 2 is 2.42 bits per heavy atom. The minimum absolute atomic E-state index is 0.0421. The number of nitrogens with zero attached hydrogens (tertiary/aromatic N) is 1. The van der Waals surface area contributed by atoms with E-state index in [-0.39, 0.29) is 11.9 Å². The Labute approximate surface area is 111 Å². The molecule has 0 aliphatic carbocycles. The number of halogens is 1. The number of amides is 1. The number of anilines is 1. The summed E-state index contributed by atoms with van der Waals surface area (Å²) in [6.07, 6.45) is 0.390. The highest BCUT2D eigenvalue weighted by Gasteiger charge is 2.25. The van der Waals surface area contributed by atoms with Gasteiger partial charge in [-0.25, -0.2) is 9.18 Å². The molecule has 1 aromatic rings. The number of nitrogens with one attached hydrogen (secondary N) is 1. The third-order valence-corrected chi connectivity index (χ3v) is 3.32. The lowest BCUT2D eigenvalue weighted by Crippen LogP contribution is -2.36. The number of likely N-dealkylation sites (tertiary alicyclic amines) is 1. The predicted molar refractivity (Wildman–Crippen MR) is 70.0 cm³/mol. The first-order valence-corrected chi connectivity index (χ1v) is 6.20. The van der Waals surface area contributed by atoms with Gasteiger partial charge in [0.05, 0.1) is 7.11 Å². The van der Waals surface area contributed by atoms with E-state index >= 15 is 0 Å². The van der Waals surface area contributed by atoms with Crippen molar-refractivity contribution in [2.45, 2.75) is 19.0 Å². The number of ether oxygens (including phenoxy) is 1. The molecule has 0 aromatic heterocycles. The van der Waals surface area contributed by atoms with E-state index in [0.717, 1.165) is 13.0 Å². The first-order chi connectivity index (χ1) is 9.10. The first-order valence-electron chi connectivity index (χ1n) is 6.20. The average molecular weight is 267 g/mol. The largest absolute Gasteiger partial charge is 0.453 e. The lowest BCUT2D eigenvalue weighted by Gasteiger charge is -2.18. The molecule has 1 saturated heterocycles. The standard InChI is InChI=1S/C13H18FN3O2/c1-19-13(18)16-9-5-6-17(7-9)8-10-11(14)3-2-4-12(10)15/h2-4,9H,5-8,15H2,1H3,(H,16,18). The van der Waals surface area contributed by atoms with Gasteiger partial charge in [-0.1, -0.05) is 6.07 Å². The van der Waals surface area contributed by atoms with Crippen molar-refractivity contribution in [2.75, 3.05) is 25.9 Å². The predicted octanol–water partition coefficient (Wildman–Crippen LogP) is 1.34. The summed E-state index contributed by atoms with van der Waals surface area (Å²) >= 11 is 0. The van der Waals surface area contributed by atoms with Crippen molar-refractivity contribution >= 4 is 11.8 Å². The van der Waals surface area contributed by atoms with Crippen molar-refractivity contribution in [1.29, 1.82) is 0 Å². The second-order valence-electron chi connectivity index (χ2n) is 4.66. The van der Waals surface area contributed by atoms with Gasteiger partial charge < -0.3 is 15.8 Å². The number of rotatable bonds is 3. The molecule has 1 aliphatic heterocycles. The lowest BCUT2D eigenvalue weighted by molar-refractivity contribution is 0.166. The zero-order valence-electron chi connectivity index (χ0n) is 10.9. The van der Waals surface area contributed by atoms with E-state index in [4.69, 9.17) is 5.73 Å². The Hall–Kier alpha value is -1.82. The minimum atomic E-state index is -0.433. The number of methoxy groups -OCH3 is 1. The summed E-state index contributed by atoms with van der Waals surface area (Å²) in [6.45, 7) is 1.92. The minimum Gasteiger partial charge on any atom is -0.453 e. The summed E-state index contributed by atoms with van der Waals surface area (Å²) < 4.78 is 18.2. The SMILES string of the molecule is COC(=O)NC1CCN(Cc2c(N)cccc2F)C1. The average Bonchev–Trinajstić information content (AvgIpc) is 2.81. The topological polar surface area (TPSA) is 67.6 Å². The van der Waals surface area contributed by atoms with Crippen molar-refractivity contribution in [2.24, 2.45) is 0 Å². The lowest BCUT2D eigenvalue weighted by atomic mass is 10.1. The molecule has 0 saturated carbocycles. The summed E-state index contributed by atoms with van der Waals surface area (Å²) in [5, 5.41) is 2.75. The van der Waals surface area contributed by atoms with Gasteiger partial charge in [-0.2, -0.15) is 0 Å². The van der Waals surface area contributed by atoms with Gasteiger partial charge in [-0.15, -0.1) is 0 Å². The van der Waals surface area contributed by atoms with E-state index in [0.29, 0.717) is 24.3 Å². The highest BCUT2D eigenvalue weighted by molar-refractivity contribution is 5.67. The number of hydrogen-bond acceptors (Lipinski definition) is 4. The smallest absolute Gasteiger partial charge is 0.407 e. The van der Waals surface area contributed by atoms with Gasteiger partial charge >= 0.3 is 6.09 Å². The molecule has 1 heterocycles. The molecular formula is C13H18FN3O2. The molecule has 1 aromatic carbocycles. The summed E-state index contributed by atoms with van der Waals surface area (Å²) in [6, 6.07) is 4.74. The molecule has 6 heteroatoms. The van der Waals surface area contributed by atoms with Crippen LogP contribution in [0.3, 0.4) is 0 Å². The van der Waals surface area contributed by atoms with Crippen molar-refractivity contribution in [3.63, 3.8) is 0 Å². The molecule has 1 amide bonds. The Balaban J connectivity index is 1.93. The van der Waals surface area contributed by atoms with Crippen molar-refractivity contribution in [3.05, 3.63) is 29.6 Å². The molecule has 104 valence electrons. The Morgan fingerprint density at radius 1 is 1.63 bits per heavy atom. The maximum atomic E-state index is 13.7. The van der Waals surface area contributed by atoms with Crippen LogP contribution in [0.1, 0.15) is 12.0 Å². The van der Waals surface area contributed by atoms with E-state index in [1.807, 2.05) is 0 Å². The Bertz CT molecular complexity index is 447. The van der Waals surface area contributed by atoms with E-state index in [1.54, 1.807) is 12.1 Å². The zero-order valence-corrected chi connectivity index (χ0v) is 10.9. The van der Waals surface area contributed by atoms with Crippen LogP contribution in [0.4, 0.5) is 14.9 Å². The van der Waals surface area contributed by atoms with Crippen LogP contribution in [-0.2, 0) is 11.3 Å². The summed E-state index contributed by atoms with van der Waals surface area (Å²) in [4.78, 5) is 13.2. The first kappa shape index (κ1) is 13.6. The molecule has 1 aliphatic rings. The van der Waals surface area contributed by atoms with Crippen LogP contribution < -0.4 is 11.1 Å². The van der Waals surface area contributed by atoms with E-state index < -0.39 is 6.09 Å². The number of carbonyl (C=O) groups excluding carboxylic acids is 1. The third-order valence-electron chi connectivity index (χ3n) is 3.32. The summed E-state index contributed by atoms with van der Waals surface area (Å²) in [5.74, 6) is -0.288. The molecule has 2 rings (SSSR count). The van der Waals surface area contributed by atoms with E-state index in [9.17, 15) is 9.18 Å². The maximum absolute atomic E-state index is 13.7. The van der Waals surface area contributed by atoms with Gasteiger partial charge in [0.15, 0.2) is 0 Å². The zero-order chi connectivity index (χ0) is 13.8. The quantitative estimate of drug-likeness (QED) is 0.811. The van der Waals surface area contributed by atoms with Gasteiger partial charge in [-0.3, -0.25) is 4.90 Å². The van der Waals surface area contributed by atoms with E-state index in [2.05, 4.69) is 15.0 Å². The van der Waals surface area contributed by atoms with Crippen LogP contribution in [0.2, 0.25) is 0 Å². The second-order valence-corrected chi connectivity index (χ2v) is 4.66. The molecule has 3 N–H and O–H groups in total. The van der Waals surface area contributed by atoms with Crippen molar-refractivity contribution < 1.29 is 13.9 Å². The van der Waals surface area contributed by atoms with Gasteiger partial charge in [0.1, 0.15) is 5.82 Å². The Kier molecular flexibility index (Phi) is 4.21. The molecule has 0 spiro atoms. The molecule has 1 unspecified atom stereocenters. The second kappa shape index (κ2) is 5.88. The van der Waals surface area contributed by atoms with Crippen LogP contribution in [0.15, 0.2) is 18.2 Å². The van der Waals surface area contributed by atoms with Gasteiger partial charge in [0.2, 0.25) is 0 Å². The van der Waals surface area contributed by atoms with Gasteiger partial charge in [-0.05, 0) is 18.6 Å². The highest BCUT2D eigenvalue weighted by Crippen LogP contribution is 2.20. The van der Waals surface area contributed by atoms with Crippen LogP contribution in [0.25, 0.3) is 0 Å². The monoisotopic (exact) mass is 267 g/mol. The molecule has 5 nitrogen and oxygen atoms in total. The molecule has 0 radical (unpaired) electrons. The normalized spacial score (nSPS) is 19.4. The fourth-order valence-corrected chi connectivity index (χ4v) is 2.29. The van der Waals surface area contributed by atoms with Gasteiger partial charge in [0, 0.05) is 36.9 Å². The van der Waals surface area contributed by atoms with E-state index in [1.165, 1.54) is 13.2 Å². The highest BCUT2D eigenvalue weighted by atomic mass is 19.1. The molecule has 19 heavy (non-hydrogen) atoms. The van der Waals surface area contributed by atoms with Crippen LogP contribution in [-0.4, -0.2) is 37.2 Å². The third kappa shape index (κ3) is 3.35. The molecule has 0 bridgehead atoms. The Morgan fingerprint density at radius 3 is 3.11 bits per heavy atom. The van der Waals surface area contributed by atoms with Crippen molar-refractivity contribution in [1.82, 2.24) is 10.2 Å². The molecule has 1 fully saturated rings. The number of nitrogens with two attached hydrogens (primary N) is 1. The fourth-order valence-electron chi connectivity index (χ4n) is 2.29. The van der Waals surface area contributed by atoms with Crippen molar-refractivity contribution in [3.8, 4) is 0 Å². The summed E-state index contributed by atoms with van der Waals surface area (Å²) in [5.41, 5.74) is 6.76.